The second-order valence-corrected chi connectivity index (χ2v) is 12.6. The van der Waals surface area contributed by atoms with Crippen LogP contribution in [-0.4, -0.2) is 0 Å². The minimum absolute atomic E-state index is 0. The van der Waals surface area contributed by atoms with E-state index in [1.807, 2.05) is 12.1 Å². The molecular formula is C44H24N4Zn. The Kier molecular flexibility index (Phi) is 6.06. The Balaban J connectivity index is 0.00000306. The maximum absolute atomic E-state index is 5.42. The second kappa shape index (κ2) is 10.6. The van der Waals surface area contributed by atoms with Crippen molar-refractivity contribution in [3.8, 4) is 44.8 Å². The third kappa shape index (κ3) is 4.00. The molecule has 0 radical (unpaired) electrons. The van der Waals surface area contributed by atoms with E-state index >= 15 is 0 Å². The van der Waals surface area contributed by atoms with Gasteiger partial charge in [-0.15, -0.1) is 0 Å². The summed E-state index contributed by atoms with van der Waals surface area (Å²) in [6, 6.07) is 51.2. The van der Waals surface area contributed by atoms with Crippen LogP contribution in [0, 0.1) is 0 Å². The van der Waals surface area contributed by atoms with Crippen molar-refractivity contribution in [3.05, 3.63) is 146 Å². The molecule has 5 heterocycles. The third-order valence-electron chi connectivity index (χ3n) is 9.93. The molecule has 5 heteroatoms. The van der Waals surface area contributed by atoms with Crippen molar-refractivity contribution in [2.75, 3.05) is 0 Å². The van der Waals surface area contributed by atoms with Gasteiger partial charge in [-0.25, -0.2) is 0 Å². The number of fused-ring (bicyclic) bond motifs is 14. The van der Waals surface area contributed by atoms with E-state index in [9.17, 15) is 0 Å². The van der Waals surface area contributed by atoms with Gasteiger partial charge in [-0.3, -0.25) is 0 Å². The van der Waals surface area contributed by atoms with Gasteiger partial charge in [-0.05, 0) is 117 Å². The van der Waals surface area contributed by atoms with E-state index < -0.39 is 0 Å². The summed E-state index contributed by atoms with van der Waals surface area (Å²) in [6.07, 6.45) is 0. The molecule has 4 nitrogen and oxygen atoms in total. The predicted octanol–water partition coefficient (Wildman–Crippen LogP) is 10.5. The summed E-state index contributed by atoms with van der Waals surface area (Å²) >= 11 is 0. The fraction of sp³-hybridized carbons (Fsp3) is 0. The molecule has 1 aliphatic heterocycles. The van der Waals surface area contributed by atoms with Crippen molar-refractivity contribution < 1.29 is 19.5 Å². The van der Waals surface area contributed by atoms with Crippen LogP contribution in [0.15, 0.2) is 146 Å². The number of rotatable bonds is 2. The van der Waals surface area contributed by atoms with Crippen LogP contribution in [0.25, 0.3) is 110 Å². The molecule has 2 aliphatic carbocycles. The molecular weight excluding hydrogens is 650 g/mol. The Bertz CT molecular complexity index is 2790. The maximum Gasteiger partial charge on any atom is 0.0934 e. The summed E-state index contributed by atoms with van der Waals surface area (Å²) in [5, 5.41) is 6.94. The van der Waals surface area contributed by atoms with Gasteiger partial charge in [-0.1, -0.05) is 0 Å². The summed E-state index contributed by atoms with van der Waals surface area (Å²) in [6.45, 7) is 0. The Morgan fingerprint density at radius 3 is 1.10 bits per heavy atom. The molecule has 3 aliphatic rings. The molecule has 8 aromatic rings. The molecule has 0 unspecified atom stereocenters. The SMILES string of the molecule is [Zn].c1ccc(-[c+]2c3cc4c([n-]3)-[c+](c3ccc([n-]3)[c+]3c5ccccc5c5cc([n-]c5-3)[c+](-c3ccccc3)c3ccc2[n-]3)c2ccccc42)cc1. The standard InChI is InChI=1S/C44H24N4.Zn/c1-3-11-25(12-4-1)39-33-19-20-34(45-33)40(26-13-5-2-6-14-26)38-24-32-28-16-8-10-18-30(28)42(44(32)48-38)36-22-21-35(46-36)41-29-17-9-7-15-27(29)31-23-37(39)47-43(31)41;/h1-24H;. The summed E-state index contributed by atoms with van der Waals surface area (Å²) < 4.78 is 0. The first-order valence-electron chi connectivity index (χ1n) is 16.2. The molecule has 4 aromatic heterocycles. The fourth-order valence-electron chi connectivity index (χ4n) is 7.87. The van der Waals surface area contributed by atoms with Gasteiger partial charge in [0.1, 0.15) is 0 Å². The molecule has 0 spiro atoms. The first-order chi connectivity index (χ1) is 23.8. The third-order valence-corrected chi connectivity index (χ3v) is 9.93. The van der Waals surface area contributed by atoms with Crippen molar-refractivity contribution in [1.29, 1.82) is 0 Å². The van der Waals surface area contributed by atoms with Crippen LogP contribution in [0.5, 0.6) is 0 Å². The van der Waals surface area contributed by atoms with Crippen LogP contribution in [0.3, 0.4) is 0 Å². The molecule has 49 heavy (non-hydrogen) atoms. The number of hydrogen-bond acceptors (Lipinski definition) is 0. The van der Waals surface area contributed by atoms with Crippen LogP contribution in [0.2, 0.25) is 0 Å². The zero-order valence-corrected chi connectivity index (χ0v) is 29.3. The van der Waals surface area contributed by atoms with Crippen LogP contribution in [0.1, 0.15) is 0 Å². The molecule has 11 rings (SSSR count). The minimum atomic E-state index is 0. The van der Waals surface area contributed by atoms with E-state index in [0.717, 1.165) is 99.4 Å². The van der Waals surface area contributed by atoms with Gasteiger partial charge in [0.15, 0.2) is 0 Å². The van der Waals surface area contributed by atoms with Crippen molar-refractivity contribution >= 4 is 65.4 Å². The van der Waals surface area contributed by atoms with E-state index in [-0.39, 0.29) is 19.5 Å². The van der Waals surface area contributed by atoms with E-state index in [2.05, 4.69) is 133 Å². The molecule has 0 fully saturated rings. The summed E-state index contributed by atoms with van der Waals surface area (Å²) in [5.41, 5.74) is 13.6. The van der Waals surface area contributed by atoms with Crippen molar-refractivity contribution in [2.45, 2.75) is 0 Å². The quantitative estimate of drug-likeness (QED) is 0.135. The Labute approximate surface area is 293 Å². The molecule has 4 aromatic carbocycles. The predicted molar refractivity (Wildman–Crippen MR) is 198 cm³/mol. The average molecular weight is 674 g/mol. The topological polar surface area (TPSA) is 56.4 Å². The number of nitrogens with zero attached hydrogens (tertiary/aromatic N) is 4. The van der Waals surface area contributed by atoms with E-state index in [4.69, 9.17) is 19.9 Å². The summed E-state index contributed by atoms with van der Waals surface area (Å²) in [4.78, 5) is 21.6. The van der Waals surface area contributed by atoms with Crippen molar-refractivity contribution in [3.63, 3.8) is 0 Å². The van der Waals surface area contributed by atoms with Gasteiger partial charge in [0.05, 0.1) is 43.4 Å². The van der Waals surface area contributed by atoms with Crippen molar-refractivity contribution in [1.82, 2.24) is 19.9 Å². The van der Waals surface area contributed by atoms with Gasteiger partial charge >= 0.3 is 0 Å². The van der Waals surface area contributed by atoms with Gasteiger partial charge in [0.2, 0.25) is 0 Å². The molecule has 8 bridgehead atoms. The maximum atomic E-state index is 5.42. The van der Waals surface area contributed by atoms with Crippen molar-refractivity contribution in [2.24, 2.45) is 0 Å². The first kappa shape index (κ1) is 28.1. The normalized spacial score (nSPS) is 11.9. The number of aromatic nitrogens is 4. The van der Waals surface area contributed by atoms with Gasteiger partial charge < -0.3 is 19.9 Å². The first-order valence-corrected chi connectivity index (χ1v) is 16.2. The zero-order chi connectivity index (χ0) is 31.3. The zero-order valence-electron chi connectivity index (χ0n) is 26.4. The Hall–Kier alpha value is -5.90. The van der Waals surface area contributed by atoms with Crippen LogP contribution in [-0.2, 0) is 19.5 Å². The van der Waals surface area contributed by atoms with Gasteiger partial charge in [0, 0.05) is 115 Å². The molecule has 0 saturated heterocycles. The average Bonchev–Trinajstić information content (AvgIpc) is 3.98. The smallest absolute Gasteiger partial charge is 0.0934 e. The van der Waals surface area contributed by atoms with Crippen LogP contribution < -0.4 is 19.9 Å². The molecule has 0 saturated carbocycles. The molecule has 0 N–H and O–H groups in total. The van der Waals surface area contributed by atoms with Crippen LogP contribution in [0.4, 0.5) is 0 Å². The largest absolute Gasteiger partial charge is 0.628 e. The van der Waals surface area contributed by atoms with Crippen LogP contribution >= 0.6 is 0 Å². The number of hydrogen-bond donors (Lipinski definition) is 0. The monoisotopic (exact) mass is 672 g/mol. The Morgan fingerprint density at radius 1 is 0.306 bits per heavy atom. The van der Waals surface area contributed by atoms with Gasteiger partial charge in [-0.2, -0.15) is 0 Å². The summed E-state index contributed by atoms with van der Waals surface area (Å²) in [7, 11) is 0. The molecule has 0 atom stereocenters. The summed E-state index contributed by atoms with van der Waals surface area (Å²) in [5.74, 6) is 0. The van der Waals surface area contributed by atoms with E-state index in [1.54, 1.807) is 0 Å². The van der Waals surface area contributed by atoms with E-state index in [0.29, 0.717) is 0 Å². The second-order valence-electron chi connectivity index (χ2n) is 12.6. The van der Waals surface area contributed by atoms with E-state index in [1.165, 1.54) is 10.8 Å². The minimum Gasteiger partial charge on any atom is -0.628 e. The fourth-order valence-corrected chi connectivity index (χ4v) is 7.87. The molecule has 222 valence electrons. The molecule has 0 amide bonds. The number of benzene rings is 4. The van der Waals surface area contributed by atoms with Gasteiger partial charge in [0.25, 0.3) is 0 Å². The Morgan fingerprint density at radius 2 is 0.673 bits per heavy atom.